The van der Waals surface area contributed by atoms with E-state index in [2.05, 4.69) is 54.5 Å². The van der Waals surface area contributed by atoms with E-state index < -0.39 is 0 Å². The number of nitrogens with one attached hydrogen (secondary N) is 2. The van der Waals surface area contributed by atoms with Gasteiger partial charge in [-0.2, -0.15) is 0 Å². The number of thiocarbonyl (C=S) groups is 1. The van der Waals surface area contributed by atoms with E-state index >= 15 is 0 Å². The molecule has 152 valence electrons. The van der Waals surface area contributed by atoms with Crippen LogP contribution < -0.4 is 25.0 Å². The molecule has 0 radical (unpaired) electrons. The fourth-order valence-electron chi connectivity index (χ4n) is 3.10. The molecule has 0 aromatic heterocycles. The van der Waals surface area contributed by atoms with E-state index in [-0.39, 0.29) is 0 Å². The Labute approximate surface area is 174 Å². The SMILES string of the molecule is CCN(CC)c1ccc(NC(=S)NCCc2ccc(OC)c(OC)c2)c(C)c1. The molecule has 6 heteroatoms. The van der Waals surface area contributed by atoms with Crippen LogP contribution in [0.1, 0.15) is 25.0 Å². The summed E-state index contributed by atoms with van der Waals surface area (Å²) in [5, 5.41) is 7.19. The summed E-state index contributed by atoms with van der Waals surface area (Å²) in [4.78, 5) is 2.33. The second kappa shape index (κ2) is 10.8. The van der Waals surface area contributed by atoms with Crippen molar-refractivity contribution in [2.24, 2.45) is 0 Å². The van der Waals surface area contributed by atoms with Gasteiger partial charge in [0.2, 0.25) is 0 Å². The number of hydrogen-bond donors (Lipinski definition) is 2. The highest BCUT2D eigenvalue weighted by molar-refractivity contribution is 7.80. The minimum Gasteiger partial charge on any atom is -0.493 e. The van der Waals surface area contributed by atoms with Crippen molar-refractivity contribution in [1.82, 2.24) is 5.32 Å². The zero-order valence-electron chi connectivity index (χ0n) is 17.5. The maximum absolute atomic E-state index is 5.45. The average Bonchev–Trinajstić information content (AvgIpc) is 2.70. The predicted molar refractivity (Wildman–Crippen MR) is 122 cm³/mol. The lowest BCUT2D eigenvalue weighted by atomic mass is 10.1. The van der Waals surface area contributed by atoms with Gasteiger partial charge in [0.05, 0.1) is 14.2 Å². The number of nitrogens with zero attached hydrogens (tertiary/aromatic N) is 1. The van der Waals surface area contributed by atoms with E-state index in [1.807, 2.05) is 18.2 Å². The number of anilines is 2. The molecule has 0 spiro atoms. The third-order valence-electron chi connectivity index (χ3n) is 4.73. The van der Waals surface area contributed by atoms with Crippen molar-refractivity contribution in [3.63, 3.8) is 0 Å². The quantitative estimate of drug-likeness (QED) is 0.608. The van der Waals surface area contributed by atoms with Crippen LogP contribution in [-0.2, 0) is 6.42 Å². The summed E-state index contributed by atoms with van der Waals surface area (Å²) >= 11 is 5.45. The van der Waals surface area contributed by atoms with E-state index in [9.17, 15) is 0 Å². The molecule has 0 aliphatic carbocycles. The van der Waals surface area contributed by atoms with Gasteiger partial charge in [0.15, 0.2) is 16.6 Å². The Morgan fingerprint density at radius 2 is 1.71 bits per heavy atom. The van der Waals surface area contributed by atoms with Gasteiger partial charge in [-0.1, -0.05) is 6.07 Å². The highest BCUT2D eigenvalue weighted by atomic mass is 32.1. The molecule has 2 rings (SSSR count). The Bertz CT molecular complexity index is 791. The number of hydrogen-bond acceptors (Lipinski definition) is 4. The van der Waals surface area contributed by atoms with Crippen LogP contribution in [0.15, 0.2) is 36.4 Å². The van der Waals surface area contributed by atoms with Crippen LogP contribution in [-0.4, -0.2) is 39.0 Å². The minimum atomic E-state index is 0.624. The van der Waals surface area contributed by atoms with Crippen molar-refractivity contribution < 1.29 is 9.47 Å². The van der Waals surface area contributed by atoms with Gasteiger partial charge in [0.25, 0.3) is 0 Å². The highest BCUT2D eigenvalue weighted by Gasteiger charge is 2.07. The number of rotatable bonds is 9. The third kappa shape index (κ3) is 5.76. The van der Waals surface area contributed by atoms with Crippen LogP contribution in [0.5, 0.6) is 11.5 Å². The third-order valence-corrected chi connectivity index (χ3v) is 4.98. The Morgan fingerprint density at radius 3 is 2.32 bits per heavy atom. The van der Waals surface area contributed by atoms with Crippen molar-refractivity contribution in [3.8, 4) is 11.5 Å². The number of ether oxygens (including phenoxy) is 2. The summed E-state index contributed by atoms with van der Waals surface area (Å²) in [6, 6.07) is 12.4. The van der Waals surface area contributed by atoms with Crippen LogP contribution in [0.25, 0.3) is 0 Å². The van der Waals surface area contributed by atoms with Crippen molar-refractivity contribution in [2.45, 2.75) is 27.2 Å². The molecule has 0 aliphatic rings. The Hall–Kier alpha value is -2.47. The van der Waals surface area contributed by atoms with Gasteiger partial charge in [-0.15, -0.1) is 0 Å². The lowest BCUT2D eigenvalue weighted by molar-refractivity contribution is 0.354. The Kier molecular flexibility index (Phi) is 8.39. The van der Waals surface area contributed by atoms with Crippen LogP contribution in [0.3, 0.4) is 0 Å². The van der Waals surface area contributed by atoms with Crippen LogP contribution in [0, 0.1) is 6.92 Å². The highest BCUT2D eigenvalue weighted by Crippen LogP contribution is 2.27. The first-order chi connectivity index (χ1) is 13.5. The van der Waals surface area contributed by atoms with E-state index in [0.29, 0.717) is 5.11 Å². The molecule has 0 aliphatic heterocycles. The Morgan fingerprint density at radius 1 is 1.00 bits per heavy atom. The van der Waals surface area contributed by atoms with Crippen LogP contribution in [0.4, 0.5) is 11.4 Å². The van der Waals surface area contributed by atoms with Crippen molar-refractivity contribution in [3.05, 3.63) is 47.5 Å². The molecule has 2 aromatic carbocycles. The molecule has 0 saturated carbocycles. The first-order valence-corrected chi connectivity index (χ1v) is 10.0. The molecular weight excluding hydrogens is 370 g/mol. The van der Waals surface area contributed by atoms with Gasteiger partial charge >= 0.3 is 0 Å². The van der Waals surface area contributed by atoms with Gasteiger partial charge in [-0.05, 0) is 80.9 Å². The average molecular weight is 402 g/mol. The molecule has 0 unspecified atom stereocenters. The fourth-order valence-corrected chi connectivity index (χ4v) is 3.31. The standard InChI is InChI=1S/C22H31N3O2S/c1-6-25(7-2)18-9-10-19(16(3)14-18)24-22(28)23-13-12-17-8-11-20(26-4)21(15-17)27-5/h8-11,14-15H,6-7,12-13H2,1-5H3,(H2,23,24,28). The lowest BCUT2D eigenvalue weighted by Crippen LogP contribution is -2.30. The monoisotopic (exact) mass is 401 g/mol. The van der Waals surface area contributed by atoms with Gasteiger partial charge in [-0.25, -0.2) is 0 Å². The van der Waals surface area contributed by atoms with Crippen LogP contribution >= 0.6 is 12.2 Å². The number of aryl methyl sites for hydroxylation is 1. The molecule has 0 saturated heterocycles. The fraction of sp³-hybridized carbons (Fsp3) is 0.409. The minimum absolute atomic E-state index is 0.624. The molecule has 2 aromatic rings. The molecule has 0 heterocycles. The van der Waals surface area contributed by atoms with Crippen LogP contribution in [0.2, 0.25) is 0 Å². The molecular formula is C22H31N3O2S. The molecule has 0 amide bonds. The molecule has 28 heavy (non-hydrogen) atoms. The van der Waals surface area contributed by atoms with Crippen molar-refractivity contribution in [1.29, 1.82) is 0 Å². The van der Waals surface area contributed by atoms with Gasteiger partial charge in [-0.3, -0.25) is 0 Å². The zero-order chi connectivity index (χ0) is 20.5. The zero-order valence-corrected chi connectivity index (χ0v) is 18.3. The normalized spacial score (nSPS) is 10.3. The largest absolute Gasteiger partial charge is 0.493 e. The van der Waals surface area contributed by atoms with E-state index in [0.717, 1.165) is 48.8 Å². The lowest BCUT2D eigenvalue weighted by Gasteiger charge is -2.22. The summed E-state index contributed by atoms with van der Waals surface area (Å²) < 4.78 is 10.6. The molecule has 0 bridgehead atoms. The molecule has 5 nitrogen and oxygen atoms in total. The van der Waals surface area contributed by atoms with Gasteiger partial charge < -0.3 is 25.0 Å². The summed E-state index contributed by atoms with van der Waals surface area (Å²) in [5.41, 5.74) is 4.60. The van der Waals surface area contributed by atoms with E-state index in [4.69, 9.17) is 21.7 Å². The van der Waals surface area contributed by atoms with Gasteiger partial charge in [0, 0.05) is 31.0 Å². The van der Waals surface area contributed by atoms with E-state index in [1.165, 1.54) is 11.3 Å². The van der Waals surface area contributed by atoms with Gasteiger partial charge in [0.1, 0.15) is 0 Å². The molecule has 2 N–H and O–H groups in total. The predicted octanol–water partition coefficient (Wildman–Crippen LogP) is 4.39. The smallest absolute Gasteiger partial charge is 0.170 e. The second-order valence-electron chi connectivity index (χ2n) is 6.49. The van der Waals surface area contributed by atoms with Crippen molar-refractivity contribution in [2.75, 3.05) is 44.1 Å². The summed E-state index contributed by atoms with van der Waals surface area (Å²) in [6.07, 6.45) is 0.835. The first-order valence-electron chi connectivity index (χ1n) is 9.63. The topological polar surface area (TPSA) is 45.8 Å². The number of benzene rings is 2. The molecule has 0 fully saturated rings. The van der Waals surface area contributed by atoms with Crippen molar-refractivity contribution >= 4 is 28.7 Å². The summed E-state index contributed by atoms with van der Waals surface area (Å²) in [5.74, 6) is 1.48. The van der Waals surface area contributed by atoms with E-state index in [1.54, 1.807) is 14.2 Å². The second-order valence-corrected chi connectivity index (χ2v) is 6.90. The Balaban J connectivity index is 1.89. The molecule has 0 atom stereocenters. The maximum atomic E-state index is 5.45. The first kappa shape index (κ1) is 21.8. The summed E-state index contributed by atoms with van der Waals surface area (Å²) in [6.45, 7) is 9.17. The summed E-state index contributed by atoms with van der Waals surface area (Å²) in [7, 11) is 3.28. The number of methoxy groups -OCH3 is 2. The maximum Gasteiger partial charge on any atom is 0.170 e.